The van der Waals surface area contributed by atoms with Crippen molar-refractivity contribution in [3.05, 3.63) is 153 Å². The third-order valence-corrected chi connectivity index (χ3v) is 7.77. The number of nitrogens with two attached hydrogens (primary N) is 2. The Morgan fingerprint density at radius 2 is 0.979 bits per heavy atom. The smallest absolute Gasteiger partial charge is 0.269 e. The Hall–Kier alpha value is -7.08. The Kier molecular flexibility index (Phi) is 8.20. The number of non-ortho nitro benzene ring substituents is 2. The summed E-state index contributed by atoms with van der Waals surface area (Å²) < 4.78 is 0. The fraction of sp³-hybridized carbons (Fsp3) is 0. The zero-order chi connectivity index (χ0) is 33.9. The predicted octanol–water partition coefficient (Wildman–Crippen LogP) is 7.68. The predicted molar refractivity (Wildman–Crippen MR) is 185 cm³/mol. The van der Waals surface area contributed by atoms with Crippen LogP contribution in [0.3, 0.4) is 0 Å². The molecule has 0 aliphatic heterocycles. The number of rotatable bonds is 10. The van der Waals surface area contributed by atoms with Gasteiger partial charge in [0.15, 0.2) is 0 Å². The van der Waals surface area contributed by atoms with Crippen molar-refractivity contribution in [2.75, 3.05) is 10.6 Å². The molecule has 0 radical (unpaired) electrons. The van der Waals surface area contributed by atoms with E-state index in [2.05, 4.69) is 10.6 Å². The molecule has 2 amide bonds. The normalized spacial score (nSPS) is 10.8. The van der Waals surface area contributed by atoms with Crippen molar-refractivity contribution in [2.24, 2.45) is 11.5 Å². The molecule has 0 fully saturated rings. The van der Waals surface area contributed by atoms with Crippen LogP contribution in [0.15, 0.2) is 121 Å². The van der Waals surface area contributed by atoms with Gasteiger partial charge in [-0.3, -0.25) is 29.8 Å². The number of benzene rings is 6. The summed E-state index contributed by atoms with van der Waals surface area (Å²) in [6.45, 7) is 0. The lowest BCUT2D eigenvalue weighted by Crippen LogP contribution is -2.15. The van der Waals surface area contributed by atoms with Gasteiger partial charge in [0, 0.05) is 58.1 Å². The Bertz CT molecular complexity index is 2220. The topological polar surface area (TPSA) is 197 Å². The number of nitrogens with one attached hydrogen (secondary N) is 2. The third-order valence-electron chi connectivity index (χ3n) is 7.77. The Labute approximate surface area is 272 Å². The SMILES string of the molecule is NC(=O)c1ccc2c(-c3ccc(Nc4ccc([N+](=O)[O-])cc4)cc3)c(C(N)=O)c(-c3ccc(Nc4ccc([N+](=O)[O-])cc4)cc3)cc2c1. The van der Waals surface area contributed by atoms with Crippen molar-refractivity contribution in [1.82, 2.24) is 0 Å². The largest absolute Gasteiger partial charge is 0.366 e. The molecular weight excluding hydrogens is 612 g/mol. The van der Waals surface area contributed by atoms with Crippen LogP contribution >= 0.6 is 0 Å². The van der Waals surface area contributed by atoms with Crippen molar-refractivity contribution < 1.29 is 19.4 Å². The highest BCUT2D eigenvalue weighted by molar-refractivity contribution is 6.15. The summed E-state index contributed by atoms with van der Waals surface area (Å²) >= 11 is 0. The number of anilines is 4. The lowest BCUT2D eigenvalue weighted by molar-refractivity contribution is -0.385. The lowest BCUT2D eigenvalue weighted by Gasteiger charge is -2.18. The van der Waals surface area contributed by atoms with E-state index in [1.807, 2.05) is 48.5 Å². The van der Waals surface area contributed by atoms with Gasteiger partial charge in [0.1, 0.15) is 0 Å². The van der Waals surface area contributed by atoms with Gasteiger partial charge in [-0.2, -0.15) is 0 Å². The number of carbonyl (C=O) groups excluding carboxylic acids is 2. The number of carbonyl (C=O) groups is 2. The molecule has 0 spiro atoms. The van der Waals surface area contributed by atoms with Gasteiger partial charge in [-0.15, -0.1) is 0 Å². The molecule has 0 unspecified atom stereocenters. The van der Waals surface area contributed by atoms with Gasteiger partial charge in [0.25, 0.3) is 11.4 Å². The van der Waals surface area contributed by atoms with Crippen LogP contribution in [0.4, 0.5) is 34.1 Å². The van der Waals surface area contributed by atoms with Gasteiger partial charge in [-0.25, -0.2) is 0 Å². The van der Waals surface area contributed by atoms with Crippen LogP contribution in [0.25, 0.3) is 33.0 Å². The molecule has 0 atom stereocenters. The first-order valence-electron chi connectivity index (χ1n) is 14.5. The van der Waals surface area contributed by atoms with Gasteiger partial charge in [-0.05, 0) is 94.2 Å². The lowest BCUT2D eigenvalue weighted by atomic mass is 9.86. The van der Waals surface area contributed by atoms with Crippen LogP contribution in [0.1, 0.15) is 20.7 Å². The van der Waals surface area contributed by atoms with Gasteiger partial charge in [0.05, 0.1) is 15.4 Å². The molecule has 0 aromatic heterocycles. The van der Waals surface area contributed by atoms with Crippen LogP contribution in [0.5, 0.6) is 0 Å². The zero-order valence-corrected chi connectivity index (χ0v) is 25.0. The third kappa shape index (κ3) is 6.34. The zero-order valence-electron chi connectivity index (χ0n) is 25.0. The molecule has 0 bridgehead atoms. The number of hydrogen-bond donors (Lipinski definition) is 4. The summed E-state index contributed by atoms with van der Waals surface area (Å²) in [6.07, 6.45) is 0. The standard InChI is InChI=1S/C36H26N6O6/c37-35(43)23-5-18-31-24(19-23)20-32(21-1-6-25(7-2-21)39-27-10-14-29(15-11-27)41(45)46)34(36(38)44)33(31)22-3-8-26(9-4-22)40-28-12-16-30(17-13-28)42(47)48/h1-20,39-40H,(H2,37,43)(H2,38,44). The van der Waals surface area contributed by atoms with E-state index >= 15 is 0 Å². The van der Waals surface area contributed by atoms with Gasteiger partial charge in [-0.1, -0.05) is 30.3 Å². The van der Waals surface area contributed by atoms with Crippen LogP contribution in [-0.4, -0.2) is 21.7 Å². The second-order valence-electron chi connectivity index (χ2n) is 10.9. The van der Waals surface area contributed by atoms with E-state index in [0.29, 0.717) is 61.3 Å². The van der Waals surface area contributed by atoms with E-state index in [9.17, 15) is 29.8 Å². The first-order valence-corrected chi connectivity index (χ1v) is 14.5. The molecule has 0 aliphatic carbocycles. The van der Waals surface area contributed by atoms with Gasteiger partial charge >= 0.3 is 0 Å². The minimum Gasteiger partial charge on any atom is -0.366 e. The van der Waals surface area contributed by atoms with Gasteiger partial charge in [0.2, 0.25) is 11.8 Å². The molecule has 236 valence electrons. The summed E-state index contributed by atoms with van der Waals surface area (Å²) in [4.78, 5) is 46.3. The number of fused-ring (bicyclic) bond motifs is 1. The summed E-state index contributed by atoms with van der Waals surface area (Å²) in [5.74, 6) is -1.25. The fourth-order valence-electron chi connectivity index (χ4n) is 5.46. The maximum absolute atomic E-state index is 13.2. The highest BCUT2D eigenvalue weighted by Gasteiger charge is 2.21. The summed E-state index contributed by atoms with van der Waals surface area (Å²) in [5.41, 5.74) is 17.4. The monoisotopic (exact) mass is 638 g/mol. The molecule has 48 heavy (non-hydrogen) atoms. The molecule has 0 heterocycles. The highest BCUT2D eigenvalue weighted by Crippen LogP contribution is 2.40. The molecule has 0 aliphatic rings. The molecular formula is C36H26N6O6. The number of nitro benzene ring substituents is 2. The minimum absolute atomic E-state index is 0.0168. The highest BCUT2D eigenvalue weighted by atomic mass is 16.6. The van der Waals surface area contributed by atoms with Crippen molar-refractivity contribution in [3.8, 4) is 22.3 Å². The number of nitrogens with zero attached hydrogens (tertiary/aromatic N) is 2. The molecule has 6 aromatic rings. The molecule has 0 saturated carbocycles. The number of amides is 2. The van der Waals surface area contributed by atoms with Crippen LogP contribution in [0, 0.1) is 20.2 Å². The molecule has 12 heteroatoms. The molecule has 12 nitrogen and oxygen atoms in total. The van der Waals surface area contributed by atoms with Crippen LogP contribution in [-0.2, 0) is 0 Å². The van der Waals surface area contributed by atoms with Crippen molar-refractivity contribution in [1.29, 1.82) is 0 Å². The van der Waals surface area contributed by atoms with Crippen LogP contribution < -0.4 is 22.1 Å². The van der Waals surface area contributed by atoms with E-state index in [1.54, 1.807) is 48.5 Å². The van der Waals surface area contributed by atoms with E-state index < -0.39 is 21.7 Å². The van der Waals surface area contributed by atoms with Crippen molar-refractivity contribution >= 4 is 56.7 Å². The molecule has 6 rings (SSSR count). The van der Waals surface area contributed by atoms with Crippen LogP contribution in [0.2, 0.25) is 0 Å². The maximum atomic E-state index is 13.2. The van der Waals surface area contributed by atoms with E-state index in [1.165, 1.54) is 24.3 Å². The number of primary amides is 2. The molecule has 0 saturated heterocycles. The quantitative estimate of drug-likeness (QED) is 0.0865. The number of nitro groups is 2. The second kappa shape index (κ2) is 12.7. The van der Waals surface area contributed by atoms with Crippen molar-refractivity contribution in [2.45, 2.75) is 0 Å². The average molecular weight is 639 g/mol. The fourth-order valence-corrected chi connectivity index (χ4v) is 5.46. The Balaban J connectivity index is 1.40. The molecule has 6 N–H and O–H groups in total. The van der Waals surface area contributed by atoms with Crippen molar-refractivity contribution in [3.63, 3.8) is 0 Å². The van der Waals surface area contributed by atoms with E-state index in [4.69, 9.17) is 11.5 Å². The maximum Gasteiger partial charge on any atom is 0.269 e. The minimum atomic E-state index is -0.651. The number of hydrogen-bond acceptors (Lipinski definition) is 8. The summed E-state index contributed by atoms with van der Waals surface area (Å²) in [5, 5.41) is 29.7. The second-order valence-corrected chi connectivity index (χ2v) is 10.9. The first kappa shape index (κ1) is 30.9. The Morgan fingerprint density at radius 1 is 0.542 bits per heavy atom. The van der Waals surface area contributed by atoms with Gasteiger partial charge < -0.3 is 22.1 Å². The summed E-state index contributed by atoms with van der Waals surface area (Å²) in [6, 6.07) is 33.4. The van der Waals surface area contributed by atoms with E-state index in [0.717, 1.165) is 0 Å². The summed E-state index contributed by atoms with van der Waals surface area (Å²) in [7, 11) is 0. The average Bonchev–Trinajstić information content (AvgIpc) is 3.08. The van der Waals surface area contributed by atoms with E-state index in [-0.39, 0.29) is 16.9 Å². The first-order chi connectivity index (χ1) is 23.1. The Morgan fingerprint density at radius 3 is 1.40 bits per heavy atom. The molecule has 6 aromatic carbocycles.